The highest BCUT2D eigenvalue weighted by Crippen LogP contribution is 2.40. The first-order chi connectivity index (χ1) is 7.06. The summed E-state index contributed by atoms with van der Waals surface area (Å²) in [6.07, 6.45) is 0.514. The average molecular weight is 208 g/mol. The Hall–Kier alpha value is -1.22. The second-order valence-corrected chi connectivity index (χ2v) is 4.05. The Balaban J connectivity index is 2.45. The molecule has 0 aromatic heterocycles. The Labute approximate surface area is 89.6 Å². The maximum absolute atomic E-state index is 9.99. The largest absolute Gasteiger partial charge is 0.483 e. The molecule has 1 aromatic rings. The number of aliphatic hydroxyl groups is 1. The molecule has 1 atom stereocenters. The van der Waals surface area contributed by atoms with E-state index >= 15 is 0 Å². The highest BCUT2D eigenvalue weighted by atomic mass is 16.7. The van der Waals surface area contributed by atoms with Gasteiger partial charge in [-0.2, -0.15) is 0 Å². The van der Waals surface area contributed by atoms with Crippen LogP contribution in [0.3, 0.4) is 0 Å². The maximum Gasteiger partial charge on any atom is 0.242 e. The average Bonchev–Trinajstić information content (AvgIpc) is 2.24. The summed E-state index contributed by atoms with van der Waals surface area (Å²) in [6, 6.07) is 3.97. The Bertz CT molecular complexity index is 387. The van der Waals surface area contributed by atoms with Gasteiger partial charge in [-0.05, 0) is 25.0 Å². The van der Waals surface area contributed by atoms with Gasteiger partial charge in [-0.25, -0.2) is 0 Å². The fourth-order valence-electron chi connectivity index (χ4n) is 1.64. The molecule has 1 aromatic carbocycles. The van der Waals surface area contributed by atoms with Crippen molar-refractivity contribution in [3.8, 4) is 11.5 Å². The molecule has 3 heteroatoms. The lowest BCUT2D eigenvalue weighted by molar-refractivity contribution is -0.176. The van der Waals surface area contributed by atoms with Crippen LogP contribution >= 0.6 is 0 Å². The van der Waals surface area contributed by atoms with Crippen LogP contribution in [0.25, 0.3) is 0 Å². The number of aryl methyl sites for hydroxylation is 2. The molecule has 2 rings (SSSR count). The van der Waals surface area contributed by atoms with Crippen LogP contribution in [-0.4, -0.2) is 17.5 Å². The zero-order valence-corrected chi connectivity index (χ0v) is 9.33. The molecule has 1 unspecified atom stereocenters. The van der Waals surface area contributed by atoms with E-state index in [9.17, 15) is 5.11 Å². The number of rotatable bonds is 1. The highest BCUT2D eigenvalue weighted by Gasteiger charge is 2.35. The molecule has 1 N–H and O–H groups in total. The van der Waals surface area contributed by atoms with Gasteiger partial charge < -0.3 is 14.6 Å². The maximum atomic E-state index is 9.99. The molecule has 3 nitrogen and oxygen atoms in total. The van der Waals surface area contributed by atoms with Crippen molar-refractivity contribution in [2.24, 2.45) is 0 Å². The second-order valence-electron chi connectivity index (χ2n) is 4.05. The minimum atomic E-state index is -1.18. The van der Waals surface area contributed by atoms with Gasteiger partial charge in [0, 0.05) is 6.42 Å². The molecule has 0 bridgehead atoms. The van der Waals surface area contributed by atoms with E-state index in [0.717, 1.165) is 16.9 Å². The number of ether oxygens (including phenoxy) is 2. The first-order valence-corrected chi connectivity index (χ1v) is 5.20. The van der Waals surface area contributed by atoms with Crippen molar-refractivity contribution in [1.82, 2.24) is 0 Å². The summed E-state index contributed by atoms with van der Waals surface area (Å²) in [4.78, 5) is 0. The predicted molar refractivity (Wildman–Crippen MR) is 57.3 cm³/mol. The molecule has 1 heterocycles. The molecule has 1 aliphatic rings. The van der Waals surface area contributed by atoms with Gasteiger partial charge >= 0.3 is 0 Å². The van der Waals surface area contributed by atoms with Gasteiger partial charge in [0.15, 0.2) is 18.1 Å². The van der Waals surface area contributed by atoms with Gasteiger partial charge in [-0.15, -0.1) is 0 Å². The summed E-state index contributed by atoms with van der Waals surface area (Å²) < 4.78 is 11.2. The summed E-state index contributed by atoms with van der Waals surface area (Å²) in [5, 5.41) is 9.99. The molecular weight excluding hydrogens is 192 g/mol. The Morgan fingerprint density at radius 2 is 1.87 bits per heavy atom. The lowest BCUT2D eigenvalue weighted by Crippen LogP contribution is -2.44. The number of hydrogen-bond acceptors (Lipinski definition) is 3. The second kappa shape index (κ2) is 3.42. The van der Waals surface area contributed by atoms with Crippen LogP contribution in [0.2, 0.25) is 0 Å². The Morgan fingerprint density at radius 1 is 1.27 bits per heavy atom. The van der Waals surface area contributed by atoms with Gasteiger partial charge in [0.1, 0.15) is 0 Å². The summed E-state index contributed by atoms with van der Waals surface area (Å²) >= 11 is 0. The molecule has 0 aliphatic carbocycles. The Kier molecular flexibility index (Phi) is 2.35. The molecule has 0 fully saturated rings. The number of benzene rings is 1. The van der Waals surface area contributed by atoms with Crippen LogP contribution in [-0.2, 0) is 0 Å². The fraction of sp³-hybridized carbons (Fsp3) is 0.500. The SMILES string of the molecule is CCC1(O)COc2c(C)ccc(C)c2O1. The molecule has 0 radical (unpaired) electrons. The van der Waals surface area contributed by atoms with Crippen LogP contribution in [0.5, 0.6) is 11.5 Å². The van der Waals surface area contributed by atoms with Gasteiger partial charge in [-0.3, -0.25) is 0 Å². The van der Waals surface area contributed by atoms with Crippen molar-refractivity contribution < 1.29 is 14.6 Å². The summed E-state index contributed by atoms with van der Waals surface area (Å²) in [5.74, 6) is 0.254. The Morgan fingerprint density at radius 3 is 2.47 bits per heavy atom. The van der Waals surface area contributed by atoms with E-state index in [2.05, 4.69) is 0 Å². The molecule has 15 heavy (non-hydrogen) atoms. The van der Waals surface area contributed by atoms with E-state index in [0.29, 0.717) is 12.2 Å². The topological polar surface area (TPSA) is 38.7 Å². The van der Waals surface area contributed by atoms with Crippen molar-refractivity contribution in [2.45, 2.75) is 33.0 Å². The molecule has 0 saturated heterocycles. The van der Waals surface area contributed by atoms with Crippen LogP contribution in [0.15, 0.2) is 12.1 Å². The molecular formula is C12H16O3. The van der Waals surface area contributed by atoms with E-state index in [1.165, 1.54) is 0 Å². The zero-order chi connectivity index (χ0) is 11.1. The minimum absolute atomic E-state index is 0.195. The zero-order valence-electron chi connectivity index (χ0n) is 9.33. The van der Waals surface area contributed by atoms with Crippen LogP contribution in [0, 0.1) is 13.8 Å². The quantitative estimate of drug-likeness (QED) is 0.768. The first-order valence-electron chi connectivity index (χ1n) is 5.20. The van der Waals surface area contributed by atoms with Crippen LogP contribution < -0.4 is 9.47 Å². The number of hydrogen-bond donors (Lipinski definition) is 1. The molecule has 0 saturated carbocycles. The van der Waals surface area contributed by atoms with E-state index in [1.807, 2.05) is 32.9 Å². The fourth-order valence-corrected chi connectivity index (χ4v) is 1.64. The lowest BCUT2D eigenvalue weighted by Gasteiger charge is -2.34. The number of fused-ring (bicyclic) bond motifs is 1. The molecule has 1 aliphatic heterocycles. The predicted octanol–water partition coefficient (Wildman–Crippen LogP) is 2.17. The molecule has 82 valence electrons. The van der Waals surface area contributed by atoms with Crippen molar-refractivity contribution in [1.29, 1.82) is 0 Å². The van der Waals surface area contributed by atoms with E-state index in [1.54, 1.807) is 0 Å². The van der Waals surface area contributed by atoms with E-state index < -0.39 is 5.79 Å². The normalized spacial score (nSPS) is 24.0. The van der Waals surface area contributed by atoms with Crippen molar-refractivity contribution in [3.63, 3.8) is 0 Å². The van der Waals surface area contributed by atoms with Crippen molar-refractivity contribution in [2.75, 3.05) is 6.61 Å². The van der Waals surface area contributed by atoms with Crippen molar-refractivity contribution in [3.05, 3.63) is 23.3 Å². The van der Waals surface area contributed by atoms with E-state index in [-0.39, 0.29) is 6.61 Å². The first kappa shape index (κ1) is 10.3. The third kappa shape index (κ3) is 1.67. The third-order valence-electron chi connectivity index (χ3n) is 2.79. The molecule has 0 spiro atoms. The lowest BCUT2D eigenvalue weighted by atomic mass is 10.1. The van der Waals surface area contributed by atoms with Gasteiger partial charge in [0.2, 0.25) is 5.79 Å². The van der Waals surface area contributed by atoms with E-state index in [4.69, 9.17) is 9.47 Å². The minimum Gasteiger partial charge on any atom is -0.483 e. The van der Waals surface area contributed by atoms with Crippen LogP contribution in [0.1, 0.15) is 24.5 Å². The van der Waals surface area contributed by atoms with Gasteiger partial charge in [0.25, 0.3) is 0 Å². The van der Waals surface area contributed by atoms with Gasteiger partial charge in [-0.1, -0.05) is 19.1 Å². The third-order valence-corrected chi connectivity index (χ3v) is 2.79. The smallest absolute Gasteiger partial charge is 0.242 e. The summed E-state index contributed by atoms with van der Waals surface area (Å²) in [5.41, 5.74) is 2.02. The highest BCUT2D eigenvalue weighted by molar-refractivity contribution is 5.52. The molecule has 0 amide bonds. The van der Waals surface area contributed by atoms with Crippen molar-refractivity contribution >= 4 is 0 Å². The standard InChI is InChI=1S/C12H16O3/c1-4-12(13)7-14-10-8(2)5-6-9(3)11(10)15-12/h5-6,13H,4,7H2,1-3H3. The summed E-state index contributed by atoms with van der Waals surface area (Å²) in [7, 11) is 0. The monoisotopic (exact) mass is 208 g/mol. The van der Waals surface area contributed by atoms with Crippen LogP contribution in [0.4, 0.5) is 0 Å². The summed E-state index contributed by atoms with van der Waals surface area (Å²) in [6.45, 7) is 5.99. The van der Waals surface area contributed by atoms with Gasteiger partial charge in [0.05, 0.1) is 0 Å².